The van der Waals surface area contributed by atoms with Crippen LogP contribution in [0, 0.1) is 6.92 Å². The van der Waals surface area contributed by atoms with E-state index in [0.717, 1.165) is 35.9 Å². The normalized spacial score (nSPS) is 11.1. The van der Waals surface area contributed by atoms with Crippen LogP contribution in [-0.2, 0) is 6.42 Å². The lowest BCUT2D eigenvalue weighted by Gasteiger charge is -2.06. The highest BCUT2D eigenvalue weighted by Gasteiger charge is 2.09. The molecular weight excluding hydrogens is 250 g/mol. The van der Waals surface area contributed by atoms with Gasteiger partial charge >= 0.3 is 0 Å². The van der Waals surface area contributed by atoms with Gasteiger partial charge in [0.05, 0.1) is 0 Å². The fourth-order valence-corrected chi connectivity index (χ4v) is 2.18. The van der Waals surface area contributed by atoms with Crippen LogP contribution in [0.3, 0.4) is 0 Å². The van der Waals surface area contributed by atoms with Gasteiger partial charge in [0.2, 0.25) is 0 Å². The Bertz CT molecular complexity index is 700. The van der Waals surface area contributed by atoms with E-state index in [1.54, 1.807) is 6.07 Å². The number of rotatable bonds is 4. The summed E-state index contributed by atoms with van der Waals surface area (Å²) in [6.45, 7) is 3.85. The zero-order chi connectivity index (χ0) is 13.9. The Balaban J connectivity index is 2.03. The molecule has 0 unspecified atom stereocenters. The highest BCUT2D eigenvalue weighted by molar-refractivity contribution is 5.73. The van der Waals surface area contributed by atoms with E-state index in [-0.39, 0.29) is 5.75 Å². The standard InChI is InChI=1S/C16H16N3O/c1-2-3-6-12-9-10-16(20)15(11-12)19-17-13-7-4-5-8-14(13)18-19/h4-5,7-11,20H,1-3,6H2. The van der Waals surface area contributed by atoms with Gasteiger partial charge in [-0.15, -0.1) is 15.0 Å². The maximum atomic E-state index is 10.0. The van der Waals surface area contributed by atoms with Gasteiger partial charge in [-0.2, -0.15) is 0 Å². The molecule has 1 N–H and O–H groups in total. The quantitative estimate of drug-likeness (QED) is 0.788. The molecule has 0 aliphatic rings. The summed E-state index contributed by atoms with van der Waals surface area (Å²) in [5.41, 5.74) is 3.40. The second-order valence-electron chi connectivity index (χ2n) is 4.76. The van der Waals surface area contributed by atoms with E-state index < -0.39 is 0 Å². The van der Waals surface area contributed by atoms with Crippen LogP contribution in [0.25, 0.3) is 16.7 Å². The van der Waals surface area contributed by atoms with E-state index in [0.29, 0.717) is 5.69 Å². The lowest BCUT2D eigenvalue weighted by atomic mass is 10.1. The minimum atomic E-state index is 0.184. The van der Waals surface area contributed by atoms with Gasteiger partial charge in [-0.25, -0.2) is 0 Å². The minimum Gasteiger partial charge on any atom is -0.506 e. The summed E-state index contributed by atoms with van der Waals surface area (Å²) < 4.78 is 0. The van der Waals surface area contributed by atoms with E-state index >= 15 is 0 Å². The lowest BCUT2D eigenvalue weighted by Crippen LogP contribution is -2.00. The third kappa shape index (κ3) is 2.37. The molecule has 3 rings (SSSR count). The monoisotopic (exact) mass is 266 g/mol. The van der Waals surface area contributed by atoms with Crippen molar-refractivity contribution >= 4 is 11.0 Å². The minimum absolute atomic E-state index is 0.184. The molecule has 0 spiro atoms. The number of nitrogens with zero attached hydrogens (tertiary/aromatic N) is 3. The van der Waals surface area contributed by atoms with Crippen molar-refractivity contribution in [3.05, 3.63) is 55.0 Å². The number of hydrogen-bond donors (Lipinski definition) is 1. The number of aryl methyl sites for hydroxylation is 1. The molecule has 1 aromatic heterocycles. The van der Waals surface area contributed by atoms with Gasteiger partial charge in [-0.05, 0) is 42.7 Å². The number of phenolic OH excluding ortho intramolecular Hbond substituents is 1. The van der Waals surface area contributed by atoms with Crippen molar-refractivity contribution < 1.29 is 5.11 Å². The topological polar surface area (TPSA) is 50.9 Å². The average molecular weight is 266 g/mol. The van der Waals surface area contributed by atoms with Crippen molar-refractivity contribution in [1.82, 2.24) is 15.0 Å². The third-order valence-corrected chi connectivity index (χ3v) is 3.26. The molecule has 0 aliphatic heterocycles. The van der Waals surface area contributed by atoms with Gasteiger partial charge in [-0.3, -0.25) is 0 Å². The molecule has 1 heterocycles. The SMILES string of the molecule is [CH2]CCCc1ccc(O)c(-n2nc3ccccc3n2)c1. The highest BCUT2D eigenvalue weighted by Crippen LogP contribution is 2.23. The van der Waals surface area contributed by atoms with E-state index in [4.69, 9.17) is 0 Å². The summed E-state index contributed by atoms with van der Waals surface area (Å²) in [5.74, 6) is 0.184. The van der Waals surface area contributed by atoms with Crippen molar-refractivity contribution in [1.29, 1.82) is 0 Å². The Morgan fingerprint density at radius 1 is 1.05 bits per heavy atom. The number of fused-ring (bicyclic) bond motifs is 1. The van der Waals surface area contributed by atoms with Crippen molar-refractivity contribution in [3.63, 3.8) is 0 Å². The second kappa shape index (κ2) is 5.33. The maximum Gasteiger partial charge on any atom is 0.143 e. The lowest BCUT2D eigenvalue weighted by molar-refractivity contribution is 0.467. The Hall–Kier alpha value is -2.36. The molecule has 0 saturated heterocycles. The molecular formula is C16H16N3O. The zero-order valence-corrected chi connectivity index (χ0v) is 11.2. The van der Waals surface area contributed by atoms with Gasteiger partial charge in [0.15, 0.2) is 0 Å². The first-order valence-electron chi connectivity index (χ1n) is 6.71. The molecule has 0 fully saturated rings. The molecule has 4 heteroatoms. The van der Waals surface area contributed by atoms with Crippen LogP contribution in [0.2, 0.25) is 0 Å². The first-order chi connectivity index (χ1) is 9.78. The predicted molar refractivity (Wildman–Crippen MR) is 78.8 cm³/mol. The molecule has 0 bridgehead atoms. The summed E-state index contributed by atoms with van der Waals surface area (Å²) in [4.78, 5) is 1.49. The van der Waals surface area contributed by atoms with Gasteiger partial charge in [-0.1, -0.05) is 31.5 Å². The van der Waals surface area contributed by atoms with Crippen LogP contribution in [0.1, 0.15) is 18.4 Å². The van der Waals surface area contributed by atoms with E-state index in [1.165, 1.54) is 4.80 Å². The van der Waals surface area contributed by atoms with Crippen LogP contribution < -0.4 is 0 Å². The number of hydrogen-bond acceptors (Lipinski definition) is 3. The summed E-state index contributed by atoms with van der Waals surface area (Å²) in [7, 11) is 0. The van der Waals surface area contributed by atoms with Gasteiger partial charge in [0.25, 0.3) is 0 Å². The number of aromatic nitrogens is 3. The van der Waals surface area contributed by atoms with Crippen LogP contribution in [0.5, 0.6) is 5.75 Å². The van der Waals surface area contributed by atoms with Crippen LogP contribution in [0.4, 0.5) is 0 Å². The molecule has 20 heavy (non-hydrogen) atoms. The molecule has 1 radical (unpaired) electrons. The van der Waals surface area contributed by atoms with Crippen LogP contribution in [0.15, 0.2) is 42.5 Å². The predicted octanol–water partition coefficient (Wildman–Crippen LogP) is 3.28. The summed E-state index contributed by atoms with van der Waals surface area (Å²) in [5, 5.41) is 18.8. The largest absolute Gasteiger partial charge is 0.506 e. The van der Waals surface area contributed by atoms with E-state index in [9.17, 15) is 5.11 Å². The Morgan fingerprint density at radius 3 is 2.40 bits per heavy atom. The van der Waals surface area contributed by atoms with Crippen molar-refractivity contribution in [2.45, 2.75) is 19.3 Å². The van der Waals surface area contributed by atoms with Crippen molar-refractivity contribution in [3.8, 4) is 11.4 Å². The zero-order valence-electron chi connectivity index (χ0n) is 11.2. The van der Waals surface area contributed by atoms with Crippen LogP contribution >= 0.6 is 0 Å². The average Bonchev–Trinajstić information content (AvgIpc) is 2.90. The smallest absolute Gasteiger partial charge is 0.143 e. The number of phenols is 1. The van der Waals surface area contributed by atoms with E-state index in [1.807, 2.05) is 36.4 Å². The molecule has 2 aromatic carbocycles. The molecule has 3 aromatic rings. The molecule has 0 aliphatic carbocycles. The number of benzene rings is 2. The number of aromatic hydroxyl groups is 1. The summed E-state index contributed by atoms with van der Waals surface area (Å²) in [6, 6.07) is 13.2. The van der Waals surface area contributed by atoms with Crippen molar-refractivity contribution in [2.24, 2.45) is 0 Å². The van der Waals surface area contributed by atoms with Gasteiger partial charge in [0.1, 0.15) is 22.5 Å². The van der Waals surface area contributed by atoms with Crippen LogP contribution in [-0.4, -0.2) is 20.1 Å². The second-order valence-corrected chi connectivity index (χ2v) is 4.76. The molecule has 0 saturated carbocycles. The molecule has 0 atom stereocenters. The third-order valence-electron chi connectivity index (χ3n) is 3.26. The van der Waals surface area contributed by atoms with E-state index in [2.05, 4.69) is 17.1 Å². The fraction of sp³-hybridized carbons (Fsp3) is 0.188. The molecule has 0 amide bonds. The highest BCUT2D eigenvalue weighted by atomic mass is 16.3. The fourth-order valence-electron chi connectivity index (χ4n) is 2.18. The Labute approximate surface area is 117 Å². The summed E-state index contributed by atoms with van der Waals surface area (Å²) >= 11 is 0. The maximum absolute atomic E-state index is 10.0. The Kier molecular flexibility index (Phi) is 3.37. The molecule has 101 valence electrons. The van der Waals surface area contributed by atoms with Gasteiger partial charge < -0.3 is 5.11 Å². The first kappa shape index (κ1) is 12.7. The first-order valence-corrected chi connectivity index (χ1v) is 6.71. The Morgan fingerprint density at radius 2 is 1.75 bits per heavy atom. The summed E-state index contributed by atoms with van der Waals surface area (Å²) in [6.07, 6.45) is 2.87. The number of unbranched alkanes of at least 4 members (excludes halogenated alkanes) is 1. The molecule has 4 nitrogen and oxygen atoms in total. The van der Waals surface area contributed by atoms with Gasteiger partial charge in [0, 0.05) is 0 Å². The van der Waals surface area contributed by atoms with Crippen molar-refractivity contribution in [2.75, 3.05) is 0 Å².